The number of amides is 1. The molecule has 0 radical (unpaired) electrons. The number of hydrogen-bond donors (Lipinski definition) is 1. The molecule has 1 aromatic rings. The number of benzene rings is 1. The van der Waals surface area contributed by atoms with E-state index < -0.39 is 0 Å². The Morgan fingerprint density at radius 2 is 1.89 bits per heavy atom. The zero-order valence-electron chi connectivity index (χ0n) is 10.6. The van der Waals surface area contributed by atoms with Crippen molar-refractivity contribution in [1.82, 2.24) is 5.32 Å². The molecule has 19 heavy (non-hydrogen) atoms. The van der Waals surface area contributed by atoms with Crippen LogP contribution in [0.5, 0.6) is 5.75 Å². The molecule has 0 aromatic heterocycles. The summed E-state index contributed by atoms with van der Waals surface area (Å²) < 4.78 is 6.05. The van der Waals surface area contributed by atoms with Gasteiger partial charge in [-0.25, -0.2) is 0 Å². The van der Waals surface area contributed by atoms with E-state index in [0.717, 1.165) is 18.6 Å². The van der Waals surface area contributed by atoms with Gasteiger partial charge in [-0.15, -0.1) is 23.5 Å². The standard InChI is InChI=1S/C14H17NO2S2/c16-13(15-11-3-4-11)9-17-12-5-1-10(2-6-12)14-18-7-8-19-14/h1-2,5-6,11,14H,3-4,7-9H2,(H,15,16). The molecule has 1 amide bonds. The Kier molecular flexibility index (Phi) is 4.23. The first-order valence-electron chi connectivity index (χ1n) is 6.56. The van der Waals surface area contributed by atoms with Crippen molar-refractivity contribution in [3.05, 3.63) is 29.8 Å². The predicted molar refractivity (Wildman–Crippen MR) is 80.8 cm³/mol. The molecule has 2 aliphatic rings. The molecule has 1 saturated heterocycles. The van der Waals surface area contributed by atoms with E-state index in [2.05, 4.69) is 17.4 Å². The third kappa shape index (κ3) is 3.83. The zero-order valence-corrected chi connectivity index (χ0v) is 12.3. The smallest absolute Gasteiger partial charge is 0.258 e. The fraction of sp³-hybridized carbons (Fsp3) is 0.500. The van der Waals surface area contributed by atoms with Crippen molar-refractivity contribution in [1.29, 1.82) is 0 Å². The molecule has 1 N–H and O–H groups in total. The lowest BCUT2D eigenvalue weighted by Gasteiger charge is -2.10. The summed E-state index contributed by atoms with van der Waals surface area (Å²) in [5, 5.41) is 2.91. The summed E-state index contributed by atoms with van der Waals surface area (Å²) in [4.78, 5) is 11.5. The summed E-state index contributed by atoms with van der Waals surface area (Å²) in [6, 6.07) is 8.52. The van der Waals surface area contributed by atoms with E-state index in [1.54, 1.807) is 0 Å². The van der Waals surface area contributed by atoms with Crippen molar-refractivity contribution >= 4 is 29.4 Å². The molecule has 5 heteroatoms. The van der Waals surface area contributed by atoms with Crippen LogP contribution >= 0.6 is 23.5 Å². The SMILES string of the molecule is O=C(COc1ccc(C2SCCS2)cc1)NC1CC1. The normalized spacial score (nSPS) is 19.4. The second-order valence-corrected chi connectivity index (χ2v) is 7.50. The molecule has 102 valence electrons. The first kappa shape index (κ1) is 13.2. The predicted octanol–water partition coefficient (Wildman–Crippen LogP) is 2.82. The molecule has 1 heterocycles. The van der Waals surface area contributed by atoms with Gasteiger partial charge in [0.15, 0.2) is 6.61 Å². The Hall–Kier alpha value is -0.810. The second kappa shape index (κ2) is 6.09. The Labute approximate surface area is 121 Å². The lowest BCUT2D eigenvalue weighted by Crippen LogP contribution is -2.30. The molecule has 0 spiro atoms. The van der Waals surface area contributed by atoms with E-state index in [0.29, 0.717) is 10.6 Å². The highest BCUT2D eigenvalue weighted by atomic mass is 32.2. The van der Waals surface area contributed by atoms with Crippen LogP contribution in [0.3, 0.4) is 0 Å². The quantitative estimate of drug-likeness (QED) is 0.906. The van der Waals surface area contributed by atoms with Gasteiger partial charge in [0, 0.05) is 17.5 Å². The fourth-order valence-corrected chi connectivity index (χ4v) is 4.78. The number of rotatable bonds is 5. The van der Waals surface area contributed by atoms with Crippen molar-refractivity contribution in [2.45, 2.75) is 23.5 Å². The largest absolute Gasteiger partial charge is 0.484 e. The Balaban J connectivity index is 1.49. The lowest BCUT2D eigenvalue weighted by atomic mass is 10.2. The lowest BCUT2D eigenvalue weighted by molar-refractivity contribution is -0.123. The van der Waals surface area contributed by atoms with E-state index in [9.17, 15) is 4.79 Å². The summed E-state index contributed by atoms with van der Waals surface area (Å²) in [6.07, 6.45) is 2.22. The number of carbonyl (C=O) groups is 1. The maximum Gasteiger partial charge on any atom is 0.258 e. The number of ether oxygens (including phenoxy) is 1. The van der Waals surface area contributed by atoms with Gasteiger partial charge in [-0.05, 0) is 30.5 Å². The van der Waals surface area contributed by atoms with Crippen LogP contribution in [0.2, 0.25) is 0 Å². The molecule has 3 nitrogen and oxygen atoms in total. The van der Waals surface area contributed by atoms with Crippen LogP contribution in [-0.2, 0) is 4.79 Å². The van der Waals surface area contributed by atoms with Crippen molar-refractivity contribution < 1.29 is 9.53 Å². The van der Waals surface area contributed by atoms with E-state index in [1.807, 2.05) is 35.7 Å². The van der Waals surface area contributed by atoms with Gasteiger partial charge in [-0.2, -0.15) is 0 Å². The number of hydrogen-bond acceptors (Lipinski definition) is 4. The Bertz CT molecular complexity index is 439. The summed E-state index contributed by atoms with van der Waals surface area (Å²) in [6.45, 7) is 0.114. The zero-order chi connectivity index (χ0) is 13.1. The molecule has 1 aromatic carbocycles. The number of nitrogens with one attached hydrogen (secondary N) is 1. The molecule has 2 fully saturated rings. The topological polar surface area (TPSA) is 38.3 Å². The minimum atomic E-state index is -0.0199. The Morgan fingerprint density at radius 3 is 2.53 bits per heavy atom. The number of carbonyl (C=O) groups excluding carboxylic acids is 1. The minimum absolute atomic E-state index is 0.0199. The highest BCUT2D eigenvalue weighted by Gasteiger charge is 2.23. The molecule has 0 bridgehead atoms. The average molecular weight is 295 g/mol. The summed E-state index contributed by atoms with van der Waals surface area (Å²) >= 11 is 3.98. The molecule has 3 rings (SSSR count). The van der Waals surface area contributed by atoms with Gasteiger partial charge in [0.2, 0.25) is 0 Å². The molecule has 0 unspecified atom stereocenters. The van der Waals surface area contributed by atoms with Crippen LogP contribution in [0.4, 0.5) is 0 Å². The first-order valence-corrected chi connectivity index (χ1v) is 8.66. The van der Waals surface area contributed by atoms with Crippen LogP contribution in [-0.4, -0.2) is 30.1 Å². The van der Waals surface area contributed by atoms with E-state index in [4.69, 9.17) is 4.74 Å². The highest BCUT2D eigenvalue weighted by molar-refractivity contribution is 8.19. The Morgan fingerprint density at radius 1 is 1.21 bits per heavy atom. The molecular formula is C14H17NO2S2. The molecule has 1 saturated carbocycles. The van der Waals surface area contributed by atoms with Crippen LogP contribution < -0.4 is 10.1 Å². The maximum absolute atomic E-state index is 11.5. The van der Waals surface area contributed by atoms with Crippen LogP contribution in [0, 0.1) is 0 Å². The maximum atomic E-state index is 11.5. The third-order valence-electron chi connectivity index (χ3n) is 3.09. The highest BCUT2D eigenvalue weighted by Crippen LogP contribution is 2.45. The third-order valence-corrected chi connectivity index (χ3v) is 6.19. The fourth-order valence-electron chi connectivity index (χ4n) is 1.92. The van der Waals surface area contributed by atoms with Crippen molar-refractivity contribution in [3.8, 4) is 5.75 Å². The monoisotopic (exact) mass is 295 g/mol. The summed E-state index contributed by atoms with van der Waals surface area (Å²) in [5.41, 5.74) is 1.34. The van der Waals surface area contributed by atoms with Gasteiger partial charge in [0.1, 0.15) is 5.75 Å². The molecule has 1 aliphatic heterocycles. The van der Waals surface area contributed by atoms with Gasteiger partial charge in [-0.3, -0.25) is 4.79 Å². The molecule has 0 atom stereocenters. The van der Waals surface area contributed by atoms with Crippen molar-refractivity contribution in [2.24, 2.45) is 0 Å². The van der Waals surface area contributed by atoms with E-state index in [1.165, 1.54) is 17.1 Å². The van der Waals surface area contributed by atoms with E-state index in [-0.39, 0.29) is 12.5 Å². The molecular weight excluding hydrogens is 278 g/mol. The second-order valence-electron chi connectivity index (χ2n) is 4.77. The first-order chi connectivity index (χ1) is 9.31. The summed E-state index contributed by atoms with van der Waals surface area (Å²) in [5.74, 6) is 3.21. The van der Waals surface area contributed by atoms with Crippen LogP contribution in [0.15, 0.2) is 24.3 Å². The van der Waals surface area contributed by atoms with Gasteiger partial charge < -0.3 is 10.1 Å². The van der Waals surface area contributed by atoms with Crippen molar-refractivity contribution in [3.63, 3.8) is 0 Å². The summed E-state index contributed by atoms with van der Waals surface area (Å²) in [7, 11) is 0. The number of thioether (sulfide) groups is 2. The minimum Gasteiger partial charge on any atom is -0.484 e. The molecule has 1 aliphatic carbocycles. The van der Waals surface area contributed by atoms with Crippen molar-refractivity contribution in [2.75, 3.05) is 18.1 Å². The van der Waals surface area contributed by atoms with Gasteiger partial charge >= 0.3 is 0 Å². The van der Waals surface area contributed by atoms with Crippen LogP contribution in [0.25, 0.3) is 0 Å². The van der Waals surface area contributed by atoms with Gasteiger partial charge in [0.05, 0.1) is 4.58 Å². The van der Waals surface area contributed by atoms with Gasteiger partial charge in [-0.1, -0.05) is 12.1 Å². The van der Waals surface area contributed by atoms with Gasteiger partial charge in [0.25, 0.3) is 5.91 Å². The average Bonchev–Trinajstić information content (AvgIpc) is 3.07. The van der Waals surface area contributed by atoms with Crippen LogP contribution in [0.1, 0.15) is 23.0 Å². The van der Waals surface area contributed by atoms with E-state index >= 15 is 0 Å².